The molecule has 0 bridgehead atoms. The highest BCUT2D eigenvalue weighted by molar-refractivity contribution is 5.79. The van der Waals surface area contributed by atoms with E-state index in [-0.39, 0.29) is 0 Å². The number of para-hydroxylation sites is 1. The fourth-order valence-electron chi connectivity index (χ4n) is 2.46. The zero-order valence-corrected chi connectivity index (χ0v) is 14.6. The standard InChI is InChI=1S/C19H29N3O2/c1-20-19(21-10-11-23-13-15-6-7-15)22-12-17-4-2-3-5-18(17)24-14-16-8-9-16/h2-5,15-16H,6-14H2,1H3,(H2,20,21,22). The van der Waals surface area contributed by atoms with E-state index in [9.17, 15) is 0 Å². The Balaban J connectivity index is 1.37. The first-order chi connectivity index (χ1) is 11.8. The third-order valence-corrected chi connectivity index (χ3v) is 4.40. The minimum atomic E-state index is 0.698. The zero-order valence-electron chi connectivity index (χ0n) is 14.6. The maximum absolute atomic E-state index is 5.95. The quantitative estimate of drug-likeness (QED) is 0.393. The highest BCUT2D eigenvalue weighted by Gasteiger charge is 2.22. The molecule has 0 unspecified atom stereocenters. The van der Waals surface area contributed by atoms with Gasteiger partial charge in [-0.3, -0.25) is 4.99 Å². The number of hydrogen-bond acceptors (Lipinski definition) is 3. The van der Waals surface area contributed by atoms with Crippen LogP contribution in [-0.2, 0) is 11.3 Å². The Labute approximate surface area is 144 Å². The molecular formula is C19H29N3O2. The molecule has 0 radical (unpaired) electrons. The van der Waals surface area contributed by atoms with Gasteiger partial charge in [-0.15, -0.1) is 0 Å². The lowest BCUT2D eigenvalue weighted by atomic mass is 10.2. The summed E-state index contributed by atoms with van der Waals surface area (Å²) >= 11 is 0. The molecule has 2 aliphatic carbocycles. The van der Waals surface area contributed by atoms with E-state index in [2.05, 4.69) is 21.7 Å². The summed E-state index contributed by atoms with van der Waals surface area (Å²) in [5.74, 6) is 3.34. The average molecular weight is 331 g/mol. The summed E-state index contributed by atoms with van der Waals surface area (Å²) in [5, 5.41) is 6.63. The number of rotatable bonds is 10. The van der Waals surface area contributed by atoms with E-state index in [1.165, 1.54) is 25.7 Å². The molecule has 0 amide bonds. The predicted octanol–water partition coefficient (Wildman–Crippen LogP) is 2.57. The topological polar surface area (TPSA) is 54.9 Å². The molecule has 24 heavy (non-hydrogen) atoms. The summed E-state index contributed by atoms with van der Waals surface area (Å²) in [4.78, 5) is 4.26. The lowest BCUT2D eigenvalue weighted by Crippen LogP contribution is -2.38. The molecule has 1 aromatic rings. The van der Waals surface area contributed by atoms with Crippen LogP contribution in [0, 0.1) is 11.8 Å². The molecule has 5 heteroatoms. The van der Waals surface area contributed by atoms with Crippen LogP contribution in [0.15, 0.2) is 29.3 Å². The first kappa shape index (κ1) is 17.1. The SMILES string of the molecule is CN=C(NCCOCC1CC1)NCc1ccccc1OCC1CC1. The van der Waals surface area contributed by atoms with E-state index in [1.54, 1.807) is 7.05 Å². The van der Waals surface area contributed by atoms with Gasteiger partial charge >= 0.3 is 0 Å². The number of nitrogens with zero attached hydrogens (tertiary/aromatic N) is 1. The van der Waals surface area contributed by atoms with Gasteiger partial charge in [-0.1, -0.05) is 18.2 Å². The van der Waals surface area contributed by atoms with Crippen LogP contribution in [0.2, 0.25) is 0 Å². The van der Waals surface area contributed by atoms with Gasteiger partial charge in [0.25, 0.3) is 0 Å². The minimum Gasteiger partial charge on any atom is -0.493 e. The summed E-state index contributed by atoms with van der Waals surface area (Å²) in [6, 6.07) is 8.21. The molecular weight excluding hydrogens is 302 g/mol. The van der Waals surface area contributed by atoms with Crippen molar-refractivity contribution >= 4 is 5.96 Å². The molecule has 132 valence electrons. The highest BCUT2D eigenvalue weighted by atomic mass is 16.5. The number of hydrogen-bond donors (Lipinski definition) is 2. The molecule has 0 saturated heterocycles. The van der Waals surface area contributed by atoms with Crippen molar-refractivity contribution in [1.82, 2.24) is 10.6 Å². The maximum atomic E-state index is 5.95. The van der Waals surface area contributed by atoms with Crippen molar-refractivity contribution in [2.24, 2.45) is 16.8 Å². The van der Waals surface area contributed by atoms with Gasteiger partial charge in [-0.05, 0) is 43.6 Å². The lowest BCUT2D eigenvalue weighted by Gasteiger charge is -2.15. The molecule has 5 nitrogen and oxygen atoms in total. The van der Waals surface area contributed by atoms with E-state index in [1.807, 2.05) is 18.2 Å². The third-order valence-electron chi connectivity index (χ3n) is 4.40. The normalized spacial score (nSPS) is 17.6. The Morgan fingerprint density at radius 1 is 1.08 bits per heavy atom. The summed E-state index contributed by atoms with van der Waals surface area (Å²) in [6.07, 6.45) is 5.28. The van der Waals surface area contributed by atoms with Crippen LogP contribution < -0.4 is 15.4 Å². The molecule has 1 aromatic carbocycles. The van der Waals surface area contributed by atoms with Crippen molar-refractivity contribution < 1.29 is 9.47 Å². The smallest absolute Gasteiger partial charge is 0.191 e. The van der Waals surface area contributed by atoms with Crippen molar-refractivity contribution in [3.63, 3.8) is 0 Å². The average Bonchev–Trinajstić information content (AvgIpc) is 3.51. The van der Waals surface area contributed by atoms with E-state index >= 15 is 0 Å². The summed E-state index contributed by atoms with van der Waals surface area (Å²) < 4.78 is 11.6. The van der Waals surface area contributed by atoms with Crippen molar-refractivity contribution in [3.05, 3.63) is 29.8 Å². The number of benzene rings is 1. The van der Waals surface area contributed by atoms with Crippen molar-refractivity contribution in [3.8, 4) is 5.75 Å². The molecule has 0 aromatic heterocycles. The van der Waals surface area contributed by atoms with Crippen LogP contribution >= 0.6 is 0 Å². The van der Waals surface area contributed by atoms with Gasteiger partial charge in [-0.25, -0.2) is 0 Å². The molecule has 0 heterocycles. The second-order valence-corrected chi connectivity index (χ2v) is 6.73. The lowest BCUT2D eigenvalue weighted by molar-refractivity contribution is 0.129. The molecule has 2 aliphatic rings. The number of ether oxygens (including phenoxy) is 2. The van der Waals surface area contributed by atoms with Crippen molar-refractivity contribution in [1.29, 1.82) is 0 Å². The predicted molar refractivity (Wildman–Crippen MR) is 96.4 cm³/mol. The van der Waals surface area contributed by atoms with E-state index in [0.29, 0.717) is 6.54 Å². The molecule has 0 aliphatic heterocycles. The van der Waals surface area contributed by atoms with E-state index < -0.39 is 0 Å². The van der Waals surface area contributed by atoms with Gasteiger partial charge in [-0.2, -0.15) is 0 Å². The van der Waals surface area contributed by atoms with Gasteiger partial charge in [0.05, 0.1) is 13.2 Å². The summed E-state index contributed by atoms with van der Waals surface area (Å²) in [7, 11) is 1.79. The largest absolute Gasteiger partial charge is 0.493 e. The Hall–Kier alpha value is -1.75. The van der Waals surface area contributed by atoms with Crippen LogP contribution in [0.4, 0.5) is 0 Å². The van der Waals surface area contributed by atoms with E-state index in [0.717, 1.165) is 55.5 Å². The number of nitrogens with one attached hydrogen (secondary N) is 2. The fourth-order valence-corrected chi connectivity index (χ4v) is 2.46. The van der Waals surface area contributed by atoms with Crippen LogP contribution in [0.1, 0.15) is 31.2 Å². The van der Waals surface area contributed by atoms with Gasteiger partial charge in [0, 0.05) is 32.3 Å². The number of guanidine groups is 1. The van der Waals surface area contributed by atoms with Crippen LogP contribution in [0.3, 0.4) is 0 Å². The molecule has 0 spiro atoms. The minimum absolute atomic E-state index is 0.698. The second-order valence-electron chi connectivity index (χ2n) is 6.73. The maximum Gasteiger partial charge on any atom is 0.191 e. The van der Waals surface area contributed by atoms with Gasteiger partial charge < -0.3 is 20.1 Å². The highest BCUT2D eigenvalue weighted by Crippen LogP contribution is 2.30. The van der Waals surface area contributed by atoms with Crippen LogP contribution in [0.25, 0.3) is 0 Å². The van der Waals surface area contributed by atoms with Crippen LogP contribution in [0.5, 0.6) is 5.75 Å². The molecule has 0 atom stereocenters. The molecule has 2 fully saturated rings. The third kappa shape index (κ3) is 6.04. The molecule has 2 N–H and O–H groups in total. The summed E-state index contributed by atoms with van der Waals surface area (Å²) in [6.45, 7) is 3.93. The second kappa shape index (κ2) is 8.92. The Kier molecular flexibility index (Phi) is 6.35. The Morgan fingerprint density at radius 2 is 1.83 bits per heavy atom. The number of aliphatic imine (C=N–C) groups is 1. The summed E-state index contributed by atoms with van der Waals surface area (Å²) in [5.41, 5.74) is 1.16. The van der Waals surface area contributed by atoms with Gasteiger partial charge in [0.1, 0.15) is 5.75 Å². The zero-order chi connectivity index (χ0) is 16.6. The fraction of sp³-hybridized carbons (Fsp3) is 0.632. The Bertz CT molecular complexity index is 539. The molecule has 2 saturated carbocycles. The van der Waals surface area contributed by atoms with Crippen molar-refractivity contribution in [2.45, 2.75) is 32.2 Å². The monoisotopic (exact) mass is 331 g/mol. The molecule has 3 rings (SSSR count). The Morgan fingerprint density at radius 3 is 2.58 bits per heavy atom. The van der Waals surface area contributed by atoms with Gasteiger partial charge in [0.15, 0.2) is 5.96 Å². The first-order valence-electron chi connectivity index (χ1n) is 9.08. The van der Waals surface area contributed by atoms with Gasteiger partial charge in [0.2, 0.25) is 0 Å². The van der Waals surface area contributed by atoms with Crippen molar-refractivity contribution in [2.75, 3.05) is 33.4 Å². The van der Waals surface area contributed by atoms with Crippen LogP contribution in [-0.4, -0.2) is 39.4 Å². The van der Waals surface area contributed by atoms with E-state index in [4.69, 9.17) is 9.47 Å². The first-order valence-corrected chi connectivity index (χ1v) is 9.08.